The predicted molar refractivity (Wildman–Crippen MR) is 27.6 cm³/mol. The minimum Gasteiger partial charge on any atom is -0.360 e. The van der Waals surface area contributed by atoms with E-state index < -0.39 is 17.1 Å². The number of aliphatic hydroxyl groups is 1. The van der Waals surface area contributed by atoms with Crippen LogP contribution in [0.25, 0.3) is 0 Å². The Labute approximate surface area is 59.4 Å². The van der Waals surface area contributed by atoms with E-state index in [2.05, 4.69) is 23.2 Å². The average molecular weight is 183 g/mol. The van der Waals surface area contributed by atoms with Crippen molar-refractivity contribution in [3.8, 4) is 0 Å². The third-order valence-electron chi connectivity index (χ3n) is 0.553. The van der Waals surface area contributed by atoms with Crippen LogP contribution in [0.4, 0.5) is 13.2 Å². The van der Waals surface area contributed by atoms with Crippen molar-refractivity contribution in [3.63, 3.8) is 0 Å². The van der Waals surface area contributed by atoms with Gasteiger partial charge in [0.25, 0.3) is 10.9 Å². The zero-order valence-electron chi connectivity index (χ0n) is 3.99. The lowest BCUT2D eigenvalue weighted by Gasteiger charge is -2.15. The number of rotatable bonds is 2. The van der Waals surface area contributed by atoms with E-state index >= 15 is 0 Å². The lowest BCUT2D eigenvalue weighted by molar-refractivity contribution is -0.0147. The van der Waals surface area contributed by atoms with Crippen LogP contribution < -0.4 is 0 Å². The molecule has 0 bridgehead atoms. The highest BCUT2D eigenvalue weighted by Gasteiger charge is 2.39. The molecule has 1 unspecified atom stereocenters. The van der Waals surface area contributed by atoms with Gasteiger partial charge in [0.05, 0.1) is 0 Å². The summed E-state index contributed by atoms with van der Waals surface area (Å²) in [6.45, 7) is 0. The molecule has 1 nitrogen and oxygen atoms in total. The Morgan fingerprint density at radius 3 is 1.56 bits per heavy atom. The van der Waals surface area contributed by atoms with Gasteiger partial charge in [0.15, 0.2) is 0 Å². The first kappa shape index (κ1) is 9.33. The molecule has 0 saturated carbocycles. The molecule has 0 fully saturated rings. The molecule has 0 aromatic rings. The fourth-order valence-corrected chi connectivity index (χ4v) is 0.342. The molecule has 0 spiro atoms. The third kappa shape index (κ3) is 3.13. The van der Waals surface area contributed by atoms with Crippen molar-refractivity contribution < 1.29 is 18.3 Å². The summed E-state index contributed by atoms with van der Waals surface area (Å²) < 4.78 is 31.2. The molecular weight excluding hydrogens is 180 g/mol. The van der Waals surface area contributed by atoms with E-state index in [1.165, 1.54) is 0 Å². The molecule has 9 heavy (non-hydrogen) atoms. The largest absolute Gasteiger partial charge is 0.360 e. The Morgan fingerprint density at radius 1 is 1.22 bits per heavy atom. The van der Waals surface area contributed by atoms with Crippen LogP contribution in [-0.4, -0.2) is 22.2 Å². The quantitative estimate of drug-likeness (QED) is 0.646. The van der Waals surface area contributed by atoms with E-state index in [9.17, 15) is 13.2 Å². The number of halogens is 5. The lowest BCUT2D eigenvalue weighted by Crippen LogP contribution is -2.32. The van der Waals surface area contributed by atoms with Gasteiger partial charge in [-0.05, 0) is 0 Å². The van der Waals surface area contributed by atoms with Gasteiger partial charge in [0.2, 0.25) is 6.17 Å². The van der Waals surface area contributed by atoms with E-state index in [0.717, 1.165) is 0 Å². The van der Waals surface area contributed by atoms with Crippen LogP contribution >= 0.6 is 23.2 Å². The van der Waals surface area contributed by atoms with Crippen LogP contribution in [0.1, 0.15) is 0 Å². The highest BCUT2D eigenvalue weighted by Crippen LogP contribution is 2.28. The molecule has 0 radical (unpaired) electrons. The standard InChI is InChI=1S/C3H3Cl2F3O/c4-3(5,9)1(6)2(7)8/h1-2,9H. The molecule has 0 aromatic heterocycles. The van der Waals surface area contributed by atoms with Gasteiger partial charge in [-0.2, -0.15) is 0 Å². The van der Waals surface area contributed by atoms with Crippen LogP contribution in [-0.2, 0) is 0 Å². The molecule has 6 heteroatoms. The highest BCUT2D eigenvalue weighted by molar-refractivity contribution is 6.47. The summed E-state index contributed by atoms with van der Waals surface area (Å²) in [5.41, 5.74) is 0. The normalized spacial score (nSPS) is 16.3. The Kier molecular flexibility index (Phi) is 3.05. The van der Waals surface area contributed by atoms with Crippen LogP contribution in [0.5, 0.6) is 0 Å². The molecule has 0 rings (SSSR count). The molecule has 1 N–H and O–H groups in total. The van der Waals surface area contributed by atoms with E-state index in [0.29, 0.717) is 0 Å². The molecule has 0 aliphatic rings. The van der Waals surface area contributed by atoms with Crippen molar-refractivity contribution in [2.45, 2.75) is 17.1 Å². The SMILES string of the molecule is OC(Cl)(Cl)C(F)C(F)F. The van der Waals surface area contributed by atoms with Crippen LogP contribution in [0.3, 0.4) is 0 Å². The maximum Gasteiger partial charge on any atom is 0.274 e. The molecular formula is C3H3Cl2F3O. The van der Waals surface area contributed by atoms with Gasteiger partial charge < -0.3 is 5.11 Å². The average Bonchev–Trinajstić information content (AvgIpc) is 1.62. The monoisotopic (exact) mass is 182 g/mol. The fourth-order valence-electron chi connectivity index (χ4n) is 0.152. The summed E-state index contributed by atoms with van der Waals surface area (Å²) in [5.74, 6) is 0. The first-order valence-electron chi connectivity index (χ1n) is 1.88. The number of hydrogen-bond donors (Lipinski definition) is 1. The second kappa shape index (κ2) is 2.94. The summed E-state index contributed by atoms with van der Waals surface area (Å²) in [6.07, 6.45) is -6.30. The number of alkyl halides is 5. The summed E-state index contributed by atoms with van der Waals surface area (Å²) in [7, 11) is 0. The van der Waals surface area contributed by atoms with Gasteiger partial charge in [-0.25, -0.2) is 13.2 Å². The maximum atomic E-state index is 11.8. The summed E-state index contributed by atoms with van der Waals surface area (Å²) in [6, 6.07) is 0. The van der Waals surface area contributed by atoms with Gasteiger partial charge >= 0.3 is 0 Å². The topological polar surface area (TPSA) is 20.2 Å². The summed E-state index contributed by atoms with van der Waals surface area (Å²) >= 11 is 9.09. The molecule has 1 atom stereocenters. The zero-order chi connectivity index (χ0) is 7.65. The predicted octanol–water partition coefficient (Wildman–Crippen LogP) is 1.71. The second-order valence-electron chi connectivity index (χ2n) is 1.32. The molecule has 0 heterocycles. The minimum atomic E-state index is -3.37. The van der Waals surface area contributed by atoms with Crippen molar-refractivity contribution >= 4 is 23.2 Å². The van der Waals surface area contributed by atoms with Gasteiger partial charge in [0, 0.05) is 0 Å². The number of hydrogen-bond acceptors (Lipinski definition) is 1. The first-order chi connectivity index (χ1) is 3.85. The summed E-state index contributed by atoms with van der Waals surface area (Å²) in [5, 5.41) is 8.13. The van der Waals surface area contributed by atoms with E-state index in [-0.39, 0.29) is 0 Å². The minimum absolute atomic E-state index is 2.93. The van der Waals surface area contributed by atoms with Crippen LogP contribution in [0.15, 0.2) is 0 Å². The molecule has 0 aliphatic carbocycles. The third-order valence-corrected chi connectivity index (χ3v) is 0.970. The fraction of sp³-hybridized carbons (Fsp3) is 1.00. The van der Waals surface area contributed by atoms with Crippen molar-refractivity contribution in [2.75, 3.05) is 0 Å². The van der Waals surface area contributed by atoms with Crippen LogP contribution in [0, 0.1) is 0 Å². The molecule has 0 aromatic carbocycles. The smallest absolute Gasteiger partial charge is 0.274 e. The molecule has 0 aliphatic heterocycles. The van der Waals surface area contributed by atoms with E-state index in [1.807, 2.05) is 0 Å². The Morgan fingerprint density at radius 2 is 1.56 bits per heavy atom. The van der Waals surface area contributed by atoms with Gasteiger partial charge in [-0.3, -0.25) is 0 Å². The molecule has 0 saturated heterocycles. The van der Waals surface area contributed by atoms with E-state index in [1.54, 1.807) is 0 Å². The second-order valence-corrected chi connectivity index (χ2v) is 2.67. The molecule has 56 valence electrons. The Balaban J connectivity index is 3.88. The van der Waals surface area contributed by atoms with Crippen molar-refractivity contribution in [3.05, 3.63) is 0 Å². The van der Waals surface area contributed by atoms with Crippen molar-refractivity contribution in [2.24, 2.45) is 0 Å². The maximum absolute atomic E-state index is 11.8. The summed E-state index contributed by atoms with van der Waals surface area (Å²) in [4.78, 5) is 0. The Hall–Kier alpha value is 0.330. The molecule has 0 amide bonds. The van der Waals surface area contributed by atoms with Gasteiger partial charge in [-0.1, -0.05) is 23.2 Å². The lowest BCUT2D eigenvalue weighted by atomic mass is 10.4. The van der Waals surface area contributed by atoms with Crippen molar-refractivity contribution in [1.82, 2.24) is 0 Å². The zero-order valence-corrected chi connectivity index (χ0v) is 5.50. The van der Waals surface area contributed by atoms with Crippen LogP contribution in [0.2, 0.25) is 0 Å². The van der Waals surface area contributed by atoms with Gasteiger partial charge in [0.1, 0.15) is 0 Å². The van der Waals surface area contributed by atoms with Crippen molar-refractivity contribution in [1.29, 1.82) is 0 Å². The van der Waals surface area contributed by atoms with Gasteiger partial charge in [-0.15, -0.1) is 0 Å². The highest BCUT2D eigenvalue weighted by atomic mass is 35.5. The van der Waals surface area contributed by atoms with E-state index in [4.69, 9.17) is 5.11 Å². The first-order valence-corrected chi connectivity index (χ1v) is 2.63. The Bertz CT molecular complexity index is 91.5.